The number of nitrogens with one attached hydrogen (secondary N) is 1. The highest BCUT2D eigenvalue weighted by Gasteiger charge is 2.21. The number of benzene rings is 1. The van der Waals surface area contributed by atoms with E-state index in [4.69, 9.17) is 11.1 Å². The quantitative estimate of drug-likeness (QED) is 0.619. The molecular weight excluding hydrogens is 222 g/mol. The molecule has 1 saturated heterocycles. The molecule has 0 bridgehead atoms. The second-order valence-electron chi connectivity index (χ2n) is 5.29. The summed E-state index contributed by atoms with van der Waals surface area (Å²) in [5.74, 6) is 1.04. The minimum Gasteiger partial charge on any atom is -0.384 e. The van der Waals surface area contributed by atoms with E-state index in [-0.39, 0.29) is 5.84 Å². The number of nitrogens with two attached hydrogens (primary N) is 1. The van der Waals surface area contributed by atoms with Gasteiger partial charge >= 0.3 is 0 Å². The van der Waals surface area contributed by atoms with E-state index in [0.29, 0.717) is 0 Å². The first-order chi connectivity index (χ1) is 8.69. The molecule has 98 valence electrons. The number of likely N-dealkylation sites (tertiary alicyclic amines) is 1. The van der Waals surface area contributed by atoms with Crippen molar-refractivity contribution in [2.45, 2.75) is 32.7 Å². The maximum Gasteiger partial charge on any atom is 0.122 e. The summed E-state index contributed by atoms with van der Waals surface area (Å²) in [4.78, 5) is 2.51. The van der Waals surface area contributed by atoms with Crippen LogP contribution in [0.5, 0.6) is 0 Å². The van der Waals surface area contributed by atoms with E-state index in [2.05, 4.69) is 17.9 Å². The first kappa shape index (κ1) is 13.1. The Balaban J connectivity index is 1.94. The molecule has 1 aromatic rings. The second kappa shape index (κ2) is 6.01. The van der Waals surface area contributed by atoms with E-state index >= 15 is 0 Å². The average Bonchev–Trinajstić information content (AvgIpc) is 2.77. The fourth-order valence-electron chi connectivity index (χ4n) is 2.80. The minimum absolute atomic E-state index is 0.155. The van der Waals surface area contributed by atoms with E-state index < -0.39 is 0 Å². The molecule has 0 spiro atoms. The van der Waals surface area contributed by atoms with Crippen molar-refractivity contribution in [2.75, 3.05) is 13.1 Å². The molecule has 3 N–H and O–H groups in total. The first-order valence-corrected chi connectivity index (χ1v) is 6.84. The molecule has 0 aliphatic carbocycles. The molecule has 0 radical (unpaired) electrons. The summed E-state index contributed by atoms with van der Waals surface area (Å²) in [7, 11) is 0. The van der Waals surface area contributed by atoms with Crippen LogP contribution in [0, 0.1) is 11.3 Å². The fourth-order valence-corrected chi connectivity index (χ4v) is 2.80. The van der Waals surface area contributed by atoms with Gasteiger partial charge in [0.05, 0.1) is 0 Å². The molecule has 3 heteroatoms. The zero-order valence-corrected chi connectivity index (χ0v) is 11.2. The second-order valence-corrected chi connectivity index (χ2v) is 5.29. The average molecular weight is 245 g/mol. The lowest BCUT2D eigenvalue weighted by atomic mass is 10.0. The molecule has 18 heavy (non-hydrogen) atoms. The number of hydrogen-bond acceptors (Lipinski definition) is 2. The predicted molar refractivity (Wildman–Crippen MR) is 75.8 cm³/mol. The number of rotatable bonds is 5. The first-order valence-electron chi connectivity index (χ1n) is 6.84. The van der Waals surface area contributed by atoms with Crippen LogP contribution in [0.2, 0.25) is 0 Å². The van der Waals surface area contributed by atoms with Crippen molar-refractivity contribution in [1.82, 2.24) is 4.90 Å². The van der Waals surface area contributed by atoms with Gasteiger partial charge in [-0.05, 0) is 36.9 Å². The third-order valence-electron chi connectivity index (χ3n) is 3.71. The van der Waals surface area contributed by atoms with Crippen LogP contribution in [0.4, 0.5) is 0 Å². The summed E-state index contributed by atoms with van der Waals surface area (Å²) in [6, 6.07) is 8.05. The van der Waals surface area contributed by atoms with E-state index in [1.165, 1.54) is 37.9 Å². The van der Waals surface area contributed by atoms with Crippen molar-refractivity contribution < 1.29 is 0 Å². The zero-order valence-electron chi connectivity index (χ0n) is 11.2. The van der Waals surface area contributed by atoms with Crippen LogP contribution in [0.1, 0.15) is 37.3 Å². The zero-order chi connectivity index (χ0) is 13.0. The number of nitrogens with zero attached hydrogens (tertiary/aromatic N) is 1. The molecule has 0 amide bonds. The summed E-state index contributed by atoms with van der Waals surface area (Å²) in [6.45, 7) is 5.67. The summed E-state index contributed by atoms with van der Waals surface area (Å²) in [5.41, 5.74) is 7.62. The van der Waals surface area contributed by atoms with E-state index in [9.17, 15) is 0 Å². The maximum absolute atomic E-state index is 7.47. The van der Waals surface area contributed by atoms with Gasteiger partial charge in [-0.1, -0.05) is 31.5 Å². The summed E-state index contributed by atoms with van der Waals surface area (Å²) in [5, 5.41) is 7.47. The van der Waals surface area contributed by atoms with Crippen LogP contribution in [-0.2, 0) is 6.54 Å². The highest BCUT2D eigenvalue weighted by molar-refractivity contribution is 5.95. The standard InChI is InChI=1S/C15H23N3/c1-2-4-12-7-8-18(10-12)11-13-5-3-6-14(9-13)15(16)17/h3,5-6,9,12H,2,4,7-8,10-11H2,1H3,(H3,16,17). The number of hydrogen-bond donors (Lipinski definition) is 2. The SMILES string of the molecule is CCCC1CCN(Cc2cccc(C(=N)N)c2)C1. The van der Waals surface area contributed by atoms with Gasteiger partial charge in [0.15, 0.2) is 0 Å². The van der Waals surface area contributed by atoms with Gasteiger partial charge < -0.3 is 5.73 Å². The Hall–Kier alpha value is -1.35. The van der Waals surface area contributed by atoms with Crippen molar-refractivity contribution in [3.05, 3.63) is 35.4 Å². The summed E-state index contributed by atoms with van der Waals surface area (Å²) in [6.07, 6.45) is 3.97. The Labute approximate surface area is 109 Å². The fraction of sp³-hybridized carbons (Fsp3) is 0.533. The lowest BCUT2D eigenvalue weighted by molar-refractivity contribution is 0.313. The molecule has 1 heterocycles. The van der Waals surface area contributed by atoms with Gasteiger partial charge in [0.1, 0.15) is 5.84 Å². The van der Waals surface area contributed by atoms with Gasteiger partial charge in [0.25, 0.3) is 0 Å². The molecule has 0 aromatic heterocycles. The molecule has 1 fully saturated rings. The van der Waals surface area contributed by atoms with Gasteiger partial charge in [-0.3, -0.25) is 10.3 Å². The Morgan fingerprint density at radius 2 is 2.33 bits per heavy atom. The monoisotopic (exact) mass is 245 g/mol. The largest absolute Gasteiger partial charge is 0.384 e. The summed E-state index contributed by atoms with van der Waals surface area (Å²) < 4.78 is 0. The molecule has 1 atom stereocenters. The molecule has 1 unspecified atom stereocenters. The molecular formula is C15H23N3. The van der Waals surface area contributed by atoms with Gasteiger partial charge in [-0.15, -0.1) is 0 Å². The molecule has 1 aliphatic rings. The Morgan fingerprint density at radius 3 is 3.06 bits per heavy atom. The van der Waals surface area contributed by atoms with Gasteiger partial charge in [-0.25, -0.2) is 0 Å². The topological polar surface area (TPSA) is 53.1 Å². The van der Waals surface area contributed by atoms with Crippen molar-refractivity contribution in [3.8, 4) is 0 Å². The molecule has 1 aliphatic heterocycles. The Morgan fingerprint density at radius 1 is 1.50 bits per heavy atom. The van der Waals surface area contributed by atoms with Crippen LogP contribution in [0.3, 0.4) is 0 Å². The third-order valence-corrected chi connectivity index (χ3v) is 3.71. The maximum atomic E-state index is 7.47. The minimum atomic E-state index is 0.155. The van der Waals surface area contributed by atoms with E-state index in [1.54, 1.807) is 0 Å². The van der Waals surface area contributed by atoms with Crippen molar-refractivity contribution in [1.29, 1.82) is 5.41 Å². The normalized spacial score (nSPS) is 20.2. The highest BCUT2D eigenvalue weighted by atomic mass is 15.1. The molecule has 3 nitrogen and oxygen atoms in total. The van der Waals surface area contributed by atoms with Crippen LogP contribution in [0.25, 0.3) is 0 Å². The van der Waals surface area contributed by atoms with Crippen LogP contribution >= 0.6 is 0 Å². The van der Waals surface area contributed by atoms with Gasteiger partial charge in [0.2, 0.25) is 0 Å². The summed E-state index contributed by atoms with van der Waals surface area (Å²) >= 11 is 0. The number of nitrogen functional groups attached to an aromatic ring is 1. The van der Waals surface area contributed by atoms with Crippen LogP contribution in [0.15, 0.2) is 24.3 Å². The van der Waals surface area contributed by atoms with Gasteiger partial charge in [0, 0.05) is 18.7 Å². The number of amidine groups is 1. The van der Waals surface area contributed by atoms with Crippen molar-refractivity contribution >= 4 is 5.84 Å². The highest BCUT2D eigenvalue weighted by Crippen LogP contribution is 2.22. The predicted octanol–water partition coefficient (Wildman–Crippen LogP) is 2.59. The lowest BCUT2D eigenvalue weighted by Crippen LogP contribution is -2.20. The molecule has 1 aromatic carbocycles. The smallest absolute Gasteiger partial charge is 0.122 e. The van der Waals surface area contributed by atoms with E-state index in [0.717, 1.165) is 18.0 Å². The van der Waals surface area contributed by atoms with Crippen LogP contribution < -0.4 is 5.73 Å². The Kier molecular flexibility index (Phi) is 4.37. The molecule has 0 saturated carbocycles. The third kappa shape index (κ3) is 3.33. The van der Waals surface area contributed by atoms with E-state index in [1.807, 2.05) is 18.2 Å². The van der Waals surface area contributed by atoms with Crippen molar-refractivity contribution in [2.24, 2.45) is 11.7 Å². The van der Waals surface area contributed by atoms with Gasteiger partial charge in [-0.2, -0.15) is 0 Å². The lowest BCUT2D eigenvalue weighted by Gasteiger charge is -2.16. The van der Waals surface area contributed by atoms with Crippen molar-refractivity contribution in [3.63, 3.8) is 0 Å². The Bertz CT molecular complexity index is 414. The van der Waals surface area contributed by atoms with Crippen LogP contribution in [-0.4, -0.2) is 23.8 Å². The molecule has 2 rings (SSSR count).